The van der Waals surface area contributed by atoms with E-state index in [1.165, 1.54) is 11.1 Å². The highest BCUT2D eigenvalue weighted by Crippen LogP contribution is 2.34. The maximum atomic E-state index is 9.53. The number of hydrogen-bond donors (Lipinski definition) is 1. The molecule has 0 fully saturated rings. The van der Waals surface area contributed by atoms with Gasteiger partial charge in [-0.3, -0.25) is 0 Å². The number of fused-ring (bicyclic) bond motifs is 1. The lowest BCUT2D eigenvalue weighted by molar-refractivity contribution is 0.483. The largest absolute Gasteiger partial charge is 0.506 e. The fraction of sp³-hybridized carbons (Fsp3) is 0.200. The molecule has 0 saturated heterocycles. The zero-order valence-electron chi connectivity index (χ0n) is 7.09. The summed E-state index contributed by atoms with van der Waals surface area (Å²) in [6, 6.07) is 4.15. The zero-order chi connectivity index (χ0) is 8.72. The van der Waals surface area contributed by atoms with Gasteiger partial charge in [0, 0.05) is 15.5 Å². The van der Waals surface area contributed by atoms with Crippen molar-refractivity contribution in [3.05, 3.63) is 28.6 Å². The van der Waals surface area contributed by atoms with Gasteiger partial charge in [-0.05, 0) is 31.0 Å². The van der Waals surface area contributed by atoms with Crippen LogP contribution in [0.1, 0.15) is 11.1 Å². The highest BCUT2D eigenvalue weighted by atomic mass is 32.1. The van der Waals surface area contributed by atoms with Crippen molar-refractivity contribution < 1.29 is 5.11 Å². The molecule has 12 heavy (non-hydrogen) atoms. The number of aryl methyl sites for hydroxylation is 2. The van der Waals surface area contributed by atoms with E-state index in [1.54, 1.807) is 16.7 Å². The Balaban J connectivity index is 2.96. The molecule has 62 valence electrons. The van der Waals surface area contributed by atoms with Crippen molar-refractivity contribution in [2.24, 2.45) is 0 Å². The minimum Gasteiger partial charge on any atom is -0.506 e. The maximum Gasteiger partial charge on any atom is 0.134 e. The molecule has 0 radical (unpaired) electrons. The Morgan fingerprint density at radius 1 is 1.25 bits per heavy atom. The van der Waals surface area contributed by atoms with Crippen LogP contribution in [0, 0.1) is 13.8 Å². The Morgan fingerprint density at radius 3 is 2.75 bits per heavy atom. The summed E-state index contributed by atoms with van der Waals surface area (Å²) in [4.78, 5) is 0. The van der Waals surface area contributed by atoms with E-state index >= 15 is 0 Å². The van der Waals surface area contributed by atoms with Crippen LogP contribution >= 0.6 is 11.3 Å². The Labute approximate surface area is 75.3 Å². The quantitative estimate of drug-likeness (QED) is 0.656. The van der Waals surface area contributed by atoms with E-state index in [0.717, 1.165) is 10.1 Å². The van der Waals surface area contributed by atoms with Crippen LogP contribution in [0.3, 0.4) is 0 Å². The summed E-state index contributed by atoms with van der Waals surface area (Å²) in [6.45, 7) is 4.11. The molecule has 2 aromatic rings. The number of rotatable bonds is 0. The lowest BCUT2D eigenvalue weighted by Crippen LogP contribution is -1.79. The topological polar surface area (TPSA) is 20.2 Å². The summed E-state index contributed by atoms with van der Waals surface area (Å²) in [5.74, 6) is 0.413. The van der Waals surface area contributed by atoms with Gasteiger partial charge in [0.1, 0.15) is 5.75 Å². The van der Waals surface area contributed by atoms with Crippen LogP contribution in [0.5, 0.6) is 5.75 Å². The van der Waals surface area contributed by atoms with Gasteiger partial charge in [-0.2, -0.15) is 0 Å². The summed E-state index contributed by atoms with van der Waals surface area (Å²) in [6.07, 6.45) is 0. The van der Waals surface area contributed by atoms with Crippen LogP contribution in [0.4, 0.5) is 0 Å². The first kappa shape index (κ1) is 7.62. The average Bonchev–Trinajstić information content (AvgIpc) is 2.41. The molecule has 0 spiro atoms. The molecular formula is C10H10OS. The molecule has 0 saturated carbocycles. The smallest absolute Gasteiger partial charge is 0.134 e. The molecule has 0 aliphatic carbocycles. The summed E-state index contributed by atoms with van der Waals surface area (Å²) in [5, 5.41) is 12.3. The lowest BCUT2D eigenvalue weighted by Gasteiger charge is -2.00. The molecule has 1 aromatic carbocycles. The van der Waals surface area contributed by atoms with E-state index in [9.17, 15) is 5.11 Å². The van der Waals surface area contributed by atoms with Gasteiger partial charge in [-0.1, -0.05) is 6.07 Å². The number of hydrogen-bond acceptors (Lipinski definition) is 2. The van der Waals surface area contributed by atoms with E-state index in [4.69, 9.17) is 0 Å². The first-order valence-electron chi connectivity index (χ1n) is 3.86. The van der Waals surface area contributed by atoms with Crippen LogP contribution < -0.4 is 0 Å². The third kappa shape index (κ3) is 0.916. The molecule has 1 aromatic heterocycles. The normalized spacial score (nSPS) is 10.8. The highest BCUT2D eigenvalue weighted by molar-refractivity contribution is 7.17. The Hall–Kier alpha value is -1.02. The molecule has 1 heterocycles. The molecule has 2 rings (SSSR count). The van der Waals surface area contributed by atoms with Crippen molar-refractivity contribution in [2.75, 3.05) is 0 Å². The van der Waals surface area contributed by atoms with Gasteiger partial charge in [-0.15, -0.1) is 11.3 Å². The summed E-state index contributed by atoms with van der Waals surface area (Å²) in [5.41, 5.74) is 2.42. The summed E-state index contributed by atoms with van der Waals surface area (Å²) in [7, 11) is 0. The predicted molar refractivity (Wildman–Crippen MR) is 53.0 cm³/mol. The minimum absolute atomic E-state index is 0.413. The van der Waals surface area contributed by atoms with Gasteiger partial charge in [-0.25, -0.2) is 0 Å². The zero-order valence-corrected chi connectivity index (χ0v) is 7.90. The van der Waals surface area contributed by atoms with Crippen LogP contribution in [0.2, 0.25) is 0 Å². The molecule has 0 aliphatic rings. The molecular weight excluding hydrogens is 168 g/mol. The minimum atomic E-state index is 0.413. The van der Waals surface area contributed by atoms with E-state index in [0.29, 0.717) is 5.75 Å². The SMILES string of the molecule is Cc1ccc2scc(O)c2c1C. The molecule has 2 heteroatoms. The first-order chi connectivity index (χ1) is 5.70. The first-order valence-corrected chi connectivity index (χ1v) is 4.74. The summed E-state index contributed by atoms with van der Waals surface area (Å²) >= 11 is 1.59. The van der Waals surface area contributed by atoms with Crippen molar-refractivity contribution in [3.8, 4) is 5.75 Å². The van der Waals surface area contributed by atoms with Gasteiger partial charge >= 0.3 is 0 Å². The predicted octanol–water partition coefficient (Wildman–Crippen LogP) is 3.22. The van der Waals surface area contributed by atoms with Crippen LogP contribution in [-0.2, 0) is 0 Å². The van der Waals surface area contributed by atoms with Gasteiger partial charge in [0.15, 0.2) is 0 Å². The number of thiophene rings is 1. The molecule has 0 aliphatic heterocycles. The fourth-order valence-corrected chi connectivity index (χ4v) is 2.26. The van der Waals surface area contributed by atoms with Crippen LogP contribution in [0.15, 0.2) is 17.5 Å². The highest BCUT2D eigenvalue weighted by Gasteiger charge is 2.06. The Bertz CT molecular complexity index is 429. The molecule has 0 amide bonds. The van der Waals surface area contributed by atoms with Crippen molar-refractivity contribution in [2.45, 2.75) is 13.8 Å². The van der Waals surface area contributed by atoms with E-state index in [-0.39, 0.29) is 0 Å². The monoisotopic (exact) mass is 178 g/mol. The third-order valence-electron chi connectivity index (χ3n) is 2.25. The Kier molecular flexibility index (Phi) is 1.58. The van der Waals surface area contributed by atoms with Gasteiger partial charge in [0.2, 0.25) is 0 Å². The van der Waals surface area contributed by atoms with E-state index in [2.05, 4.69) is 19.1 Å². The number of aromatic hydroxyl groups is 1. The second kappa shape index (κ2) is 2.49. The van der Waals surface area contributed by atoms with Crippen LogP contribution in [0.25, 0.3) is 10.1 Å². The maximum absolute atomic E-state index is 9.53. The van der Waals surface area contributed by atoms with Crippen molar-refractivity contribution in [3.63, 3.8) is 0 Å². The van der Waals surface area contributed by atoms with E-state index in [1.807, 2.05) is 6.92 Å². The molecule has 0 bridgehead atoms. The standard InChI is InChI=1S/C10H10OS/c1-6-3-4-9-10(7(6)2)8(11)5-12-9/h3-5,11H,1-2H3. The van der Waals surface area contributed by atoms with Gasteiger partial charge < -0.3 is 5.11 Å². The van der Waals surface area contributed by atoms with Crippen molar-refractivity contribution in [1.82, 2.24) is 0 Å². The van der Waals surface area contributed by atoms with Gasteiger partial charge in [0.25, 0.3) is 0 Å². The average molecular weight is 178 g/mol. The Morgan fingerprint density at radius 2 is 2.00 bits per heavy atom. The second-order valence-corrected chi connectivity index (χ2v) is 3.91. The molecule has 0 unspecified atom stereocenters. The molecule has 1 nitrogen and oxygen atoms in total. The third-order valence-corrected chi connectivity index (χ3v) is 3.19. The molecule has 1 N–H and O–H groups in total. The molecule has 0 atom stereocenters. The van der Waals surface area contributed by atoms with Crippen LogP contribution in [-0.4, -0.2) is 5.11 Å². The second-order valence-electron chi connectivity index (χ2n) is 3.00. The lowest BCUT2D eigenvalue weighted by atomic mass is 10.1. The fourth-order valence-electron chi connectivity index (χ4n) is 1.39. The van der Waals surface area contributed by atoms with E-state index < -0.39 is 0 Å². The van der Waals surface area contributed by atoms with Gasteiger partial charge in [0.05, 0.1) is 0 Å². The van der Waals surface area contributed by atoms with Crippen molar-refractivity contribution >= 4 is 21.4 Å². The summed E-state index contributed by atoms with van der Waals surface area (Å²) < 4.78 is 1.16. The number of benzene rings is 1. The van der Waals surface area contributed by atoms with Crippen molar-refractivity contribution in [1.29, 1.82) is 0 Å².